The maximum atomic E-state index is 9.31. The van der Waals surface area contributed by atoms with Crippen molar-refractivity contribution in [3.63, 3.8) is 0 Å². The molecule has 0 amide bonds. The van der Waals surface area contributed by atoms with Crippen LogP contribution < -0.4 is 0 Å². The second-order valence-corrected chi connectivity index (χ2v) is 7.57. The molecule has 22 heavy (non-hydrogen) atoms. The van der Waals surface area contributed by atoms with E-state index in [9.17, 15) is 5.26 Å². The number of rotatable bonds is 3. The Bertz CT molecular complexity index is 704. The molecule has 3 heteroatoms. The van der Waals surface area contributed by atoms with Crippen LogP contribution in [-0.2, 0) is 11.2 Å². The van der Waals surface area contributed by atoms with Gasteiger partial charge in [-0.2, -0.15) is 5.26 Å². The van der Waals surface area contributed by atoms with E-state index in [1.165, 1.54) is 11.1 Å². The molecule has 0 fully saturated rings. The van der Waals surface area contributed by atoms with Gasteiger partial charge in [0.25, 0.3) is 0 Å². The Morgan fingerprint density at radius 2 is 1.77 bits per heavy atom. The van der Waals surface area contributed by atoms with Crippen molar-refractivity contribution in [1.82, 2.24) is 4.98 Å². The summed E-state index contributed by atoms with van der Waals surface area (Å²) < 4.78 is 0. The molecule has 0 aliphatic rings. The molecule has 2 rings (SSSR count). The molecule has 1 heterocycles. The van der Waals surface area contributed by atoms with Crippen LogP contribution in [0.1, 0.15) is 48.7 Å². The number of hydrogen-bond acceptors (Lipinski definition) is 3. The number of hydrogen-bond donors (Lipinski definition) is 0. The van der Waals surface area contributed by atoms with Crippen LogP contribution in [0.3, 0.4) is 0 Å². The standard InChI is InChI=1S/C19H22N2S/c1-13-10-14(2)21-18(17(13)11-20)22-12-15-6-8-16(9-7-15)19(3,4)5/h6-10H,12H2,1-5H3. The predicted molar refractivity (Wildman–Crippen MR) is 93.1 cm³/mol. The highest BCUT2D eigenvalue weighted by molar-refractivity contribution is 7.98. The third-order valence-corrected chi connectivity index (χ3v) is 4.67. The van der Waals surface area contributed by atoms with E-state index in [-0.39, 0.29) is 5.41 Å². The number of nitriles is 1. The molecule has 0 atom stereocenters. The molecule has 0 saturated carbocycles. The minimum atomic E-state index is 0.175. The molecule has 1 aromatic carbocycles. The average Bonchev–Trinajstić information content (AvgIpc) is 2.44. The van der Waals surface area contributed by atoms with Gasteiger partial charge in [-0.3, -0.25) is 0 Å². The molecule has 1 aromatic heterocycles. The quantitative estimate of drug-likeness (QED) is 0.735. The van der Waals surface area contributed by atoms with E-state index < -0.39 is 0 Å². The number of thioether (sulfide) groups is 1. The largest absolute Gasteiger partial charge is 0.245 e. The van der Waals surface area contributed by atoms with Gasteiger partial charge in [-0.05, 0) is 42.0 Å². The SMILES string of the molecule is Cc1cc(C)c(C#N)c(SCc2ccc(C(C)(C)C)cc2)n1. The molecule has 0 spiro atoms. The molecular formula is C19H22N2S. The lowest BCUT2D eigenvalue weighted by Gasteiger charge is -2.19. The first-order valence-electron chi connectivity index (χ1n) is 7.42. The first kappa shape index (κ1) is 16.6. The van der Waals surface area contributed by atoms with Crippen LogP contribution in [-0.4, -0.2) is 4.98 Å². The Balaban J connectivity index is 2.16. The number of pyridine rings is 1. The number of aryl methyl sites for hydroxylation is 2. The lowest BCUT2D eigenvalue weighted by Crippen LogP contribution is -2.10. The summed E-state index contributed by atoms with van der Waals surface area (Å²) in [6, 6.07) is 13.0. The van der Waals surface area contributed by atoms with Crippen molar-refractivity contribution in [3.8, 4) is 6.07 Å². The Morgan fingerprint density at radius 1 is 1.14 bits per heavy atom. The predicted octanol–water partition coefficient (Wildman–Crippen LogP) is 5.16. The van der Waals surface area contributed by atoms with Crippen LogP contribution in [0.15, 0.2) is 35.4 Å². The molecule has 0 radical (unpaired) electrons. The zero-order valence-electron chi connectivity index (χ0n) is 13.9. The molecule has 0 aliphatic heterocycles. The van der Waals surface area contributed by atoms with Crippen molar-refractivity contribution in [2.75, 3.05) is 0 Å². The van der Waals surface area contributed by atoms with Gasteiger partial charge < -0.3 is 0 Å². The van der Waals surface area contributed by atoms with E-state index in [0.29, 0.717) is 5.56 Å². The number of aromatic nitrogens is 1. The summed E-state index contributed by atoms with van der Waals surface area (Å²) in [7, 11) is 0. The lowest BCUT2D eigenvalue weighted by atomic mass is 9.87. The van der Waals surface area contributed by atoms with Crippen LogP contribution in [0, 0.1) is 25.2 Å². The molecule has 0 unspecified atom stereocenters. The highest BCUT2D eigenvalue weighted by atomic mass is 32.2. The van der Waals surface area contributed by atoms with Crippen molar-refractivity contribution < 1.29 is 0 Å². The summed E-state index contributed by atoms with van der Waals surface area (Å²) in [5, 5.41) is 10.1. The first-order valence-corrected chi connectivity index (χ1v) is 8.40. The molecule has 0 N–H and O–H groups in total. The third-order valence-electron chi connectivity index (χ3n) is 3.62. The van der Waals surface area contributed by atoms with E-state index >= 15 is 0 Å². The highest BCUT2D eigenvalue weighted by Gasteiger charge is 2.13. The fourth-order valence-electron chi connectivity index (χ4n) is 2.30. The van der Waals surface area contributed by atoms with Gasteiger partial charge in [-0.25, -0.2) is 4.98 Å². The van der Waals surface area contributed by atoms with Crippen LogP contribution in [0.5, 0.6) is 0 Å². The summed E-state index contributed by atoms with van der Waals surface area (Å²) in [6.07, 6.45) is 0. The summed E-state index contributed by atoms with van der Waals surface area (Å²) in [4.78, 5) is 4.52. The number of benzene rings is 1. The monoisotopic (exact) mass is 310 g/mol. The van der Waals surface area contributed by atoms with Crippen molar-refractivity contribution >= 4 is 11.8 Å². The van der Waals surface area contributed by atoms with E-state index in [1.807, 2.05) is 19.9 Å². The van der Waals surface area contributed by atoms with E-state index in [0.717, 1.165) is 22.0 Å². The van der Waals surface area contributed by atoms with Gasteiger partial charge in [0, 0.05) is 11.4 Å². The Labute approximate surface area is 137 Å². The first-order chi connectivity index (χ1) is 10.3. The molecule has 2 aromatic rings. The summed E-state index contributed by atoms with van der Waals surface area (Å²) in [5.41, 5.74) is 5.42. The van der Waals surface area contributed by atoms with Crippen molar-refractivity contribution in [1.29, 1.82) is 5.26 Å². The van der Waals surface area contributed by atoms with E-state index in [4.69, 9.17) is 0 Å². The second kappa shape index (κ2) is 6.54. The fraction of sp³-hybridized carbons (Fsp3) is 0.368. The fourth-order valence-corrected chi connectivity index (χ4v) is 3.35. The van der Waals surface area contributed by atoms with Crippen LogP contribution in [0.2, 0.25) is 0 Å². The Morgan fingerprint density at radius 3 is 2.32 bits per heavy atom. The minimum Gasteiger partial charge on any atom is -0.245 e. The van der Waals surface area contributed by atoms with Crippen molar-refractivity contribution in [3.05, 3.63) is 58.3 Å². The van der Waals surface area contributed by atoms with Crippen LogP contribution >= 0.6 is 11.8 Å². The molecule has 0 aliphatic carbocycles. The Hall–Kier alpha value is -1.79. The number of nitrogens with zero attached hydrogens (tertiary/aromatic N) is 2. The molecule has 2 nitrogen and oxygen atoms in total. The zero-order chi connectivity index (χ0) is 16.3. The van der Waals surface area contributed by atoms with Gasteiger partial charge in [-0.15, -0.1) is 11.8 Å². The van der Waals surface area contributed by atoms with Gasteiger partial charge in [0.05, 0.1) is 5.56 Å². The summed E-state index contributed by atoms with van der Waals surface area (Å²) in [6.45, 7) is 10.6. The maximum absolute atomic E-state index is 9.31. The van der Waals surface area contributed by atoms with Crippen LogP contribution in [0.4, 0.5) is 0 Å². The molecule has 114 valence electrons. The van der Waals surface area contributed by atoms with Crippen molar-refractivity contribution in [2.45, 2.75) is 50.8 Å². The summed E-state index contributed by atoms with van der Waals surface area (Å²) in [5.74, 6) is 0.828. The maximum Gasteiger partial charge on any atom is 0.115 e. The van der Waals surface area contributed by atoms with Gasteiger partial charge >= 0.3 is 0 Å². The van der Waals surface area contributed by atoms with E-state index in [2.05, 4.69) is 56.1 Å². The minimum absolute atomic E-state index is 0.175. The Kier molecular flexibility index (Phi) is 4.93. The zero-order valence-corrected chi connectivity index (χ0v) is 14.7. The second-order valence-electron chi connectivity index (χ2n) is 6.61. The molecule has 0 bridgehead atoms. The van der Waals surface area contributed by atoms with Gasteiger partial charge in [0.1, 0.15) is 11.1 Å². The van der Waals surface area contributed by atoms with Crippen molar-refractivity contribution in [2.24, 2.45) is 0 Å². The van der Waals surface area contributed by atoms with E-state index in [1.54, 1.807) is 11.8 Å². The normalized spacial score (nSPS) is 11.3. The van der Waals surface area contributed by atoms with Gasteiger partial charge in [-0.1, -0.05) is 45.0 Å². The van der Waals surface area contributed by atoms with Gasteiger partial charge in [0.15, 0.2) is 0 Å². The molecule has 0 saturated heterocycles. The van der Waals surface area contributed by atoms with Crippen LogP contribution in [0.25, 0.3) is 0 Å². The summed E-state index contributed by atoms with van der Waals surface area (Å²) >= 11 is 1.63. The topological polar surface area (TPSA) is 36.7 Å². The average molecular weight is 310 g/mol. The lowest BCUT2D eigenvalue weighted by molar-refractivity contribution is 0.590. The highest BCUT2D eigenvalue weighted by Crippen LogP contribution is 2.28. The van der Waals surface area contributed by atoms with Gasteiger partial charge in [0.2, 0.25) is 0 Å². The smallest absolute Gasteiger partial charge is 0.115 e. The molecular weight excluding hydrogens is 288 g/mol. The third kappa shape index (κ3) is 3.90.